The molecule has 0 N–H and O–H groups in total. The molecule has 0 unspecified atom stereocenters. The van der Waals surface area contributed by atoms with Crippen molar-refractivity contribution in [3.05, 3.63) is 83.4 Å². The molecule has 1 heterocycles. The minimum atomic E-state index is -0.397. The van der Waals surface area contributed by atoms with Gasteiger partial charge in [0.15, 0.2) is 0 Å². The maximum atomic E-state index is 12.6. The number of hydrogen-bond acceptors (Lipinski definition) is 3. The highest BCUT2D eigenvalue weighted by Gasteiger charge is 2.32. The van der Waals surface area contributed by atoms with Crippen LogP contribution in [-0.4, -0.2) is 23.0 Å². The quantitative estimate of drug-likeness (QED) is 0.537. The van der Waals surface area contributed by atoms with Crippen LogP contribution in [0.3, 0.4) is 0 Å². The SMILES string of the molecule is O=C1c2cccc3cccc(c23)C(=O)N1/N=C/c1ccccc1. The van der Waals surface area contributed by atoms with Gasteiger partial charge in [-0.1, -0.05) is 54.6 Å². The van der Waals surface area contributed by atoms with Crippen LogP contribution in [0.1, 0.15) is 26.3 Å². The predicted molar refractivity (Wildman–Crippen MR) is 88.5 cm³/mol. The molecule has 0 fully saturated rings. The lowest BCUT2D eigenvalue weighted by Gasteiger charge is -2.22. The minimum absolute atomic E-state index is 0.397. The number of carbonyl (C=O) groups excluding carboxylic acids is 2. The number of imide groups is 1. The van der Waals surface area contributed by atoms with E-state index in [4.69, 9.17) is 0 Å². The largest absolute Gasteiger partial charge is 0.282 e. The van der Waals surface area contributed by atoms with Crippen molar-refractivity contribution >= 4 is 28.8 Å². The molecule has 0 aromatic heterocycles. The van der Waals surface area contributed by atoms with Crippen molar-refractivity contribution in [2.45, 2.75) is 0 Å². The Labute approximate surface area is 132 Å². The molecule has 0 atom stereocenters. The molecule has 1 aliphatic rings. The van der Waals surface area contributed by atoms with Gasteiger partial charge in [-0.2, -0.15) is 10.1 Å². The molecule has 23 heavy (non-hydrogen) atoms. The van der Waals surface area contributed by atoms with Crippen molar-refractivity contribution in [3.8, 4) is 0 Å². The van der Waals surface area contributed by atoms with Crippen LogP contribution in [0.25, 0.3) is 10.8 Å². The summed E-state index contributed by atoms with van der Waals surface area (Å²) in [6, 6.07) is 20.2. The second-order valence-electron chi connectivity index (χ2n) is 5.29. The Hall–Kier alpha value is -3.27. The van der Waals surface area contributed by atoms with Crippen LogP contribution in [-0.2, 0) is 0 Å². The molecule has 3 aromatic carbocycles. The zero-order valence-electron chi connectivity index (χ0n) is 12.1. The lowest BCUT2D eigenvalue weighted by Crippen LogP contribution is -2.36. The third-order valence-electron chi connectivity index (χ3n) is 3.87. The standard InChI is InChI=1S/C19H12N2O2/c22-18-15-10-4-8-14-9-5-11-16(17(14)15)19(23)21(18)20-12-13-6-2-1-3-7-13/h1-12H/b20-12+. The van der Waals surface area contributed by atoms with Gasteiger partial charge >= 0.3 is 0 Å². The molecule has 2 amide bonds. The van der Waals surface area contributed by atoms with Gasteiger partial charge in [0.05, 0.1) is 17.3 Å². The zero-order chi connectivity index (χ0) is 15.8. The fourth-order valence-electron chi connectivity index (χ4n) is 2.79. The van der Waals surface area contributed by atoms with E-state index in [0.717, 1.165) is 16.0 Å². The molecular formula is C19H12N2O2. The van der Waals surface area contributed by atoms with Gasteiger partial charge in [0.2, 0.25) is 0 Å². The smallest absolute Gasteiger partial charge is 0.267 e. The van der Waals surface area contributed by atoms with E-state index >= 15 is 0 Å². The predicted octanol–water partition coefficient (Wildman–Crippen LogP) is 3.47. The number of hydrazone groups is 1. The van der Waals surface area contributed by atoms with Crippen LogP contribution in [0.4, 0.5) is 0 Å². The lowest BCUT2D eigenvalue weighted by atomic mass is 9.95. The van der Waals surface area contributed by atoms with Gasteiger partial charge in [-0.15, -0.1) is 0 Å². The Balaban J connectivity index is 1.82. The molecule has 4 nitrogen and oxygen atoms in total. The number of carbonyl (C=O) groups is 2. The van der Waals surface area contributed by atoms with Gasteiger partial charge in [-0.3, -0.25) is 9.59 Å². The van der Waals surface area contributed by atoms with E-state index < -0.39 is 11.8 Å². The van der Waals surface area contributed by atoms with E-state index in [0.29, 0.717) is 16.5 Å². The molecule has 4 heteroatoms. The lowest BCUT2D eigenvalue weighted by molar-refractivity contribution is 0.0616. The number of hydrogen-bond donors (Lipinski definition) is 0. The van der Waals surface area contributed by atoms with Crippen LogP contribution in [0.2, 0.25) is 0 Å². The highest BCUT2D eigenvalue weighted by molar-refractivity contribution is 6.25. The summed E-state index contributed by atoms with van der Waals surface area (Å²) >= 11 is 0. The monoisotopic (exact) mass is 300 g/mol. The van der Waals surface area contributed by atoms with E-state index in [1.54, 1.807) is 12.1 Å². The first-order chi connectivity index (χ1) is 11.3. The fourth-order valence-corrected chi connectivity index (χ4v) is 2.79. The molecule has 0 saturated carbocycles. The third-order valence-corrected chi connectivity index (χ3v) is 3.87. The fraction of sp³-hybridized carbons (Fsp3) is 0. The average Bonchev–Trinajstić information content (AvgIpc) is 2.60. The zero-order valence-corrected chi connectivity index (χ0v) is 12.1. The van der Waals surface area contributed by atoms with Crippen LogP contribution in [0.15, 0.2) is 71.8 Å². The van der Waals surface area contributed by atoms with Gasteiger partial charge < -0.3 is 0 Å². The summed E-state index contributed by atoms with van der Waals surface area (Å²) in [7, 11) is 0. The number of amides is 2. The van der Waals surface area contributed by atoms with Crippen molar-refractivity contribution in [1.82, 2.24) is 5.01 Å². The molecule has 110 valence electrons. The van der Waals surface area contributed by atoms with Gasteiger partial charge in [0, 0.05) is 5.39 Å². The molecule has 0 spiro atoms. The Morgan fingerprint density at radius 1 is 0.739 bits per heavy atom. The maximum absolute atomic E-state index is 12.6. The number of benzene rings is 3. The topological polar surface area (TPSA) is 49.7 Å². The summed E-state index contributed by atoms with van der Waals surface area (Å²) < 4.78 is 0. The van der Waals surface area contributed by atoms with Crippen LogP contribution in [0.5, 0.6) is 0 Å². The maximum Gasteiger partial charge on any atom is 0.282 e. The molecule has 3 aromatic rings. The van der Waals surface area contributed by atoms with Gasteiger partial charge in [0.1, 0.15) is 0 Å². The van der Waals surface area contributed by atoms with Gasteiger partial charge in [-0.25, -0.2) is 0 Å². The summed E-state index contributed by atoms with van der Waals surface area (Å²) in [4.78, 5) is 25.3. The Morgan fingerprint density at radius 2 is 1.35 bits per heavy atom. The molecule has 0 bridgehead atoms. The second kappa shape index (κ2) is 5.18. The first kappa shape index (κ1) is 13.4. The van der Waals surface area contributed by atoms with Crippen molar-refractivity contribution in [1.29, 1.82) is 0 Å². The van der Waals surface area contributed by atoms with E-state index in [1.807, 2.05) is 54.6 Å². The van der Waals surface area contributed by atoms with Gasteiger partial charge in [0.25, 0.3) is 11.8 Å². The van der Waals surface area contributed by atoms with Crippen LogP contribution in [0, 0.1) is 0 Å². The van der Waals surface area contributed by atoms with E-state index in [9.17, 15) is 9.59 Å². The van der Waals surface area contributed by atoms with Gasteiger partial charge in [-0.05, 0) is 23.1 Å². The molecule has 0 aliphatic carbocycles. The van der Waals surface area contributed by atoms with Crippen molar-refractivity contribution < 1.29 is 9.59 Å². The van der Waals surface area contributed by atoms with E-state index in [2.05, 4.69) is 5.10 Å². The van der Waals surface area contributed by atoms with E-state index in [-0.39, 0.29) is 0 Å². The van der Waals surface area contributed by atoms with Crippen LogP contribution < -0.4 is 0 Å². The molecule has 1 aliphatic heterocycles. The highest BCUT2D eigenvalue weighted by atomic mass is 16.2. The molecule has 0 radical (unpaired) electrons. The summed E-state index contributed by atoms with van der Waals surface area (Å²) in [6.07, 6.45) is 1.52. The second-order valence-corrected chi connectivity index (χ2v) is 5.29. The normalized spacial score (nSPS) is 14.0. The average molecular weight is 300 g/mol. The highest BCUT2D eigenvalue weighted by Crippen LogP contribution is 2.29. The summed E-state index contributed by atoms with van der Waals surface area (Å²) in [6.45, 7) is 0. The Bertz CT molecular complexity index is 911. The molecule has 4 rings (SSSR count). The van der Waals surface area contributed by atoms with Crippen molar-refractivity contribution in [2.75, 3.05) is 0 Å². The van der Waals surface area contributed by atoms with Crippen LogP contribution >= 0.6 is 0 Å². The van der Waals surface area contributed by atoms with Crippen molar-refractivity contribution in [2.24, 2.45) is 5.10 Å². The summed E-state index contributed by atoms with van der Waals surface area (Å²) in [5.41, 5.74) is 1.83. The first-order valence-electron chi connectivity index (χ1n) is 7.25. The Morgan fingerprint density at radius 3 is 1.96 bits per heavy atom. The number of nitrogens with zero attached hydrogens (tertiary/aromatic N) is 2. The number of rotatable bonds is 2. The first-order valence-corrected chi connectivity index (χ1v) is 7.25. The van der Waals surface area contributed by atoms with Crippen molar-refractivity contribution in [3.63, 3.8) is 0 Å². The Kier molecular flexibility index (Phi) is 3.01. The summed E-state index contributed by atoms with van der Waals surface area (Å²) in [5, 5.41) is 6.63. The van der Waals surface area contributed by atoms with E-state index in [1.165, 1.54) is 6.21 Å². The molecular weight excluding hydrogens is 288 g/mol. The molecule has 0 saturated heterocycles. The minimum Gasteiger partial charge on any atom is -0.267 e. The third kappa shape index (κ3) is 2.12. The summed E-state index contributed by atoms with van der Waals surface area (Å²) in [5.74, 6) is -0.794.